The molecule has 3 nitrogen and oxygen atoms in total. The zero-order valence-electron chi connectivity index (χ0n) is 14.0. The molecule has 0 amide bonds. The molecule has 0 atom stereocenters. The van der Waals surface area contributed by atoms with E-state index < -0.39 is 0 Å². The Balaban J connectivity index is 1.93. The van der Waals surface area contributed by atoms with Crippen LogP contribution in [-0.4, -0.2) is 16.0 Å². The average Bonchev–Trinajstić information content (AvgIpc) is 2.79. The summed E-state index contributed by atoms with van der Waals surface area (Å²) in [5.41, 5.74) is 6.44. The van der Waals surface area contributed by atoms with Gasteiger partial charge >= 0.3 is 0 Å². The number of H-pyrrole nitrogens is 1. The van der Waals surface area contributed by atoms with Crippen molar-refractivity contribution in [2.24, 2.45) is 5.41 Å². The Kier molecular flexibility index (Phi) is 2.95. The van der Waals surface area contributed by atoms with Gasteiger partial charge in [0.05, 0.1) is 5.69 Å². The van der Waals surface area contributed by atoms with Crippen LogP contribution in [0, 0.1) is 12.3 Å². The first-order chi connectivity index (χ1) is 10.4. The Morgan fingerprint density at radius 2 is 1.82 bits per heavy atom. The van der Waals surface area contributed by atoms with Crippen LogP contribution < -0.4 is 0 Å². The number of fused-ring (bicyclic) bond motifs is 3. The zero-order valence-corrected chi connectivity index (χ0v) is 14.0. The van der Waals surface area contributed by atoms with Gasteiger partial charge in [0.2, 0.25) is 0 Å². The van der Waals surface area contributed by atoms with Crippen LogP contribution in [0.3, 0.4) is 0 Å². The van der Waals surface area contributed by atoms with Crippen molar-refractivity contribution in [1.82, 2.24) is 10.2 Å². The van der Waals surface area contributed by atoms with Gasteiger partial charge in [0.25, 0.3) is 0 Å². The van der Waals surface area contributed by atoms with E-state index in [4.69, 9.17) is 0 Å². The topological polar surface area (TPSA) is 45.8 Å². The van der Waals surface area contributed by atoms with Gasteiger partial charge in [-0.15, -0.1) is 0 Å². The molecule has 1 fully saturated rings. The van der Waals surface area contributed by atoms with E-state index >= 15 is 0 Å². The smallest absolute Gasteiger partial charge is 0.160 e. The zero-order chi connectivity index (χ0) is 15.5. The molecule has 4 rings (SSSR count). The largest absolute Gasteiger partial charge is 0.294 e. The highest BCUT2D eigenvalue weighted by Gasteiger charge is 2.50. The van der Waals surface area contributed by atoms with Crippen LogP contribution in [0.25, 0.3) is 0 Å². The van der Waals surface area contributed by atoms with Crippen molar-refractivity contribution in [3.63, 3.8) is 0 Å². The lowest BCUT2D eigenvalue weighted by Gasteiger charge is -2.47. The highest BCUT2D eigenvalue weighted by molar-refractivity contribution is 6.00. The summed E-state index contributed by atoms with van der Waals surface area (Å²) in [5.74, 6) is 0.416. The van der Waals surface area contributed by atoms with E-state index in [0.29, 0.717) is 12.2 Å². The number of rotatable bonds is 0. The molecule has 3 aliphatic carbocycles. The summed E-state index contributed by atoms with van der Waals surface area (Å²) < 4.78 is 0. The summed E-state index contributed by atoms with van der Waals surface area (Å²) in [6.45, 7) is 6.59. The van der Waals surface area contributed by atoms with Crippen LogP contribution in [-0.2, 0) is 16.6 Å². The maximum Gasteiger partial charge on any atom is 0.160 e. The van der Waals surface area contributed by atoms with E-state index in [9.17, 15) is 4.79 Å². The minimum Gasteiger partial charge on any atom is -0.294 e. The molecular weight excluding hydrogens is 272 g/mol. The van der Waals surface area contributed by atoms with E-state index in [-0.39, 0.29) is 10.8 Å². The molecule has 3 heteroatoms. The highest BCUT2D eigenvalue weighted by atomic mass is 16.1. The van der Waals surface area contributed by atoms with Gasteiger partial charge in [-0.2, -0.15) is 5.10 Å². The molecular formula is C19H26N2O. The molecule has 0 saturated heterocycles. The van der Waals surface area contributed by atoms with Crippen molar-refractivity contribution in [2.75, 3.05) is 0 Å². The monoisotopic (exact) mass is 298 g/mol. The van der Waals surface area contributed by atoms with Crippen molar-refractivity contribution in [3.05, 3.63) is 28.1 Å². The number of aromatic amines is 1. The van der Waals surface area contributed by atoms with Crippen LogP contribution in [0.4, 0.5) is 0 Å². The maximum atomic E-state index is 13.1. The SMILES string of the molecule is Cc1[nH]nc2c1C1(CCCCC1)C1=C(C2)CC(C)(C)CC1=O. The highest BCUT2D eigenvalue weighted by Crippen LogP contribution is 2.55. The van der Waals surface area contributed by atoms with E-state index in [1.807, 2.05) is 0 Å². The van der Waals surface area contributed by atoms with Gasteiger partial charge in [-0.25, -0.2) is 0 Å². The fourth-order valence-electron chi connectivity index (χ4n) is 5.43. The van der Waals surface area contributed by atoms with Crippen molar-refractivity contribution >= 4 is 5.78 Å². The molecule has 0 radical (unpaired) electrons. The Morgan fingerprint density at radius 1 is 1.09 bits per heavy atom. The fourth-order valence-corrected chi connectivity index (χ4v) is 5.43. The van der Waals surface area contributed by atoms with Crippen LogP contribution in [0.5, 0.6) is 0 Å². The minimum absolute atomic E-state index is 0.0220. The molecule has 1 saturated carbocycles. The minimum atomic E-state index is -0.0220. The Labute approximate surface area is 132 Å². The number of carbonyl (C=O) groups excluding carboxylic acids is 1. The van der Waals surface area contributed by atoms with Gasteiger partial charge in [-0.05, 0) is 31.6 Å². The van der Waals surface area contributed by atoms with Gasteiger partial charge in [0, 0.05) is 35.1 Å². The predicted molar refractivity (Wildman–Crippen MR) is 86.8 cm³/mol. The number of hydrogen-bond donors (Lipinski definition) is 1. The second-order valence-corrected chi connectivity index (χ2v) is 8.41. The van der Waals surface area contributed by atoms with Crippen molar-refractivity contribution in [3.8, 4) is 0 Å². The summed E-state index contributed by atoms with van der Waals surface area (Å²) in [7, 11) is 0. The number of hydrogen-bond acceptors (Lipinski definition) is 2. The summed E-state index contributed by atoms with van der Waals surface area (Å²) in [4.78, 5) is 13.1. The maximum absolute atomic E-state index is 13.1. The van der Waals surface area contributed by atoms with Gasteiger partial charge < -0.3 is 0 Å². The first kappa shape index (κ1) is 14.2. The third kappa shape index (κ3) is 1.87. The Hall–Kier alpha value is -1.38. The Morgan fingerprint density at radius 3 is 2.55 bits per heavy atom. The fraction of sp³-hybridized carbons (Fsp3) is 0.684. The molecule has 0 aromatic carbocycles. The van der Waals surface area contributed by atoms with Crippen molar-refractivity contribution < 1.29 is 4.79 Å². The number of aromatic nitrogens is 2. The summed E-state index contributed by atoms with van der Waals surface area (Å²) in [6.07, 6.45) is 8.68. The first-order valence-electron chi connectivity index (χ1n) is 8.73. The van der Waals surface area contributed by atoms with Crippen LogP contribution >= 0.6 is 0 Å². The number of Topliss-reactive ketones (excluding diaryl/α,β-unsaturated/α-hetero) is 1. The summed E-state index contributed by atoms with van der Waals surface area (Å²) in [6, 6.07) is 0. The number of ketones is 1. The third-order valence-corrected chi connectivity index (χ3v) is 6.03. The lowest BCUT2D eigenvalue weighted by atomic mass is 9.55. The van der Waals surface area contributed by atoms with Gasteiger partial charge in [0.1, 0.15) is 0 Å². The number of nitrogens with zero attached hydrogens (tertiary/aromatic N) is 1. The van der Waals surface area contributed by atoms with E-state index in [1.54, 1.807) is 0 Å². The predicted octanol–water partition coefficient (Wildman–Crippen LogP) is 4.16. The standard InChI is InChI=1S/C19H26N2O/c1-12-16-14(21-20-12)9-13-10-18(2,3)11-15(22)17(13)19(16)7-5-4-6-8-19/h4-11H2,1-3H3,(H,20,21). The molecule has 22 heavy (non-hydrogen) atoms. The van der Waals surface area contributed by atoms with E-state index in [1.165, 1.54) is 47.4 Å². The second-order valence-electron chi connectivity index (χ2n) is 8.41. The first-order valence-corrected chi connectivity index (χ1v) is 8.73. The molecule has 118 valence electrons. The number of carbonyl (C=O) groups is 1. The lowest BCUT2D eigenvalue weighted by molar-refractivity contribution is -0.119. The van der Waals surface area contributed by atoms with Crippen LogP contribution in [0.15, 0.2) is 11.1 Å². The van der Waals surface area contributed by atoms with Crippen LogP contribution in [0.1, 0.15) is 75.7 Å². The van der Waals surface area contributed by atoms with E-state index in [2.05, 4.69) is 31.0 Å². The van der Waals surface area contributed by atoms with Gasteiger partial charge in [-0.3, -0.25) is 9.89 Å². The molecule has 1 aromatic heterocycles. The molecule has 1 spiro atoms. The molecule has 1 heterocycles. The summed E-state index contributed by atoms with van der Waals surface area (Å²) >= 11 is 0. The van der Waals surface area contributed by atoms with Gasteiger partial charge in [0.15, 0.2) is 5.78 Å². The molecule has 1 aromatic rings. The normalized spacial score (nSPS) is 26.0. The third-order valence-electron chi connectivity index (χ3n) is 6.03. The summed E-state index contributed by atoms with van der Waals surface area (Å²) in [5, 5.41) is 7.81. The second kappa shape index (κ2) is 4.56. The lowest BCUT2D eigenvalue weighted by Crippen LogP contribution is -2.43. The molecule has 0 aliphatic heterocycles. The Bertz CT molecular complexity index is 672. The van der Waals surface area contributed by atoms with Gasteiger partial charge in [-0.1, -0.05) is 38.7 Å². The molecule has 3 aliphatic rings. The van der Waals surface area contributed by atoms with Crippen molar-refractivity contribution in [2.45, 2.75) is 77.6 Å². The number of allylic oxidation sites excluding steroid dienone is 2. The molecule has 0 unspecified atom stereocenters. The average molecular weight is 298 g/mol. The van der Waals surface area contributed by atoms with Crippen molar-refractivity contribution in [1.29, 1.82) is 0 Å². The number of nitrogens with one attached hydrogen (secondary N) is 1. The molecule has 0 bridgehead atoms. The number of aryl methyl sites for hydroxylation is 1. The van der Waals surface area contributed by atoms with E-state index in [0.717, 1.165) is 25.7 Å². The molecule has 1 N–H and O–H groups in total. The van der Waals surface area contributed by atoms with Crippen LogP contribution in [0.2, 0.25) is 0 Å². The quantitative estimate of drug-likeness (QED) is 0.781.